The van der Waals surface area contributed by atoms with E-state index in [-0.39, 0.29) is 48.0 Å². The normalized spacial score (nSPS) is 10.5. The number of hydrogen-bond donors (Lipinski definition) is 0. The number of fused-ring (bicyclic) bond motifs is 2. The fourth-order valence-electron chi connectivity index (χ4n) is 3.93. The molecular formula is C26H30I2N2. The van der Waals surface area contributed by atoms with E-state index in [4.69, 9.17) is 0 Å². The van der Waals surface area contributed by atoms with Crippen molar-refractivity contribution < 1.29 is 57.1 Å². The molecule has 2 aromatic carbocycles. The van der Waals surface area contributed by atoms with Crippen molar-refractivity contribution in [2.24, 2.45) is 0 Å². The molecule has 0 fully saturated rings. The van der Waals surface area contributed by atoms with Gasteiger partial charge in [-0.25, -0.2) is 9.13 Å². The van der Waals surface area contributed by atoms with Gasteiger partial charge in [0.2, 0.25) is 0 Å². The van der Waals surface area contributed by atoms with Gasteiger partial charge in [0.25, 0.3) is 0 Å². The number of nitrogens with zero attached hydrogens (tertiary/aromatic N) is 2. The van der Waals surface area contributed by atoms with Crippen LogP contribution in [-0.2, 0) is 13.1 Å². The molecule has 0 spiro atoms. The van der Waals surface area contributed by atoms with Gasteiger partial charge in [0.05, 0.1) is 0 Å². The van der Waals surface area contributed by atoms with Crippen LogP contribution in [0, 0.1) is 0 Å². The quantitative estimate of drug-likeness (QED) is 0.137. The summed E-state index contributed by atoms with van der Waals surface area (Å²) in [6.45, 7) is 2.25. The maximum absolute atomic E-state index is 2.33. The van der Waals surface area contributed by atoms with E-state index in [1.165, 1.54) is 60.1 Å². The Morgan fingerprint density at radius 3 is 1.23 bits per heavy atom. The van der Waals surface area contributed by atoms with Gasteiger partial charge >= 0.3 is 0 Å². The van der Waals surface area contributed by atoms with Crippen molar-refractivity contribution in [3.63, 3.8) is 0 Å². The Balaban J connectivity index is 0.00000160. The van der Waals surface area contributed by atoms with Gasteiger partial charge in [-0.1, -0.05) is 49.2 Å². The van der Waals surface area contributed by atoms with E-state index in [2.05, 4.69) is 94.6 Å². The molecule has 2 heterocycles. The lowest BCUT2D eigenvalue weighted by Crippen LogP contribution is -3.00. The van der Waals surface area contributed by atoms with E-state index in [1.807, 2.05) is 0 Å². The predicted molar refractivity (Wildman–Crippen MR) is 116 cm³/mol. The molecule has 4 rings (SSSR count). The minimum Gasteiger partial charge on any atom is -1.00 e. The zero-order valence-electron chi connectivity index (χ0n) is 17.4. The summed E-state index contributed by atoms with van der Waals surface area (Å²) in [5.74, 6) is 0. The van der Waals surface area contributed by atoms with Crippen molar-refractivity contribution in [1.82, 2.24) is 0 Å². The molecule has 158 valence electrons. The molecule has 0 aliphatic carbocycles. The van der Waals surface area contributed by atoms with Gasteiger partial charge in [-0.15, -0.1) is 0 Å². The SMILES string of the molecule is [I-].[I-].c1ccc2c[n+](CCCCCCCC[n+]3ccc4ccccc4c3)ccc2c1. The summed E-state index contributed by atoms with van der Waals surface area (Å²) < 4.78 is 4.66. The van der Waals surface area contributed by atoms with Crippen LogP contribution in [0.25, 0.3) is 21.5 Å². The smallest absolute Gasteiger partial charge is 0.176 e. The third-order valence-electron chi connectivity index (χ3n) is 5.58. The molecule has 0 aliphatic heterocycles. The monoisotopic (exact) mass is 624 g/mol. The van der Waals surface area contributed by atoms with Gasteiger partial charge in [-0.3, -0.25) is 0 Å². The van der Waals surface area contributed by atoms with Crippen LogP contribution in [0.15, 0.2) is 85.5 Å². The number of aromatic nitrogens is 2. The molecule has 0 N–H and O–H groups in total. The lowest BCUT2D eigenvalue weighted by Gasteiger charge is -2.02. The number of hydrogen-bond acceptors (Lipinski definition) is 0. The molecule has 0 unspecified atom stereocenters. The van der Waals surface area contributed by atoms with Crippen LogP contribution in [-0.4, -0.2) is 0 Å². The zero-order chi connectivity index (χ0) is 19.0. The summed E-state index contributed by atoms with van der Waals surface area (Å²) in [7, 11) is 0. The predicted octanol–water partition coefficient (Wildman–Crippen LogP) is -0.383. The second kappa shape index (κ2) is 13.2. The van der Waals surface area contributed by atoms with Crippen molar-refractivity contribution in [3.8, 4) is 0 Å². The van der Waals surface area contributed by atoms with Crippen LogP contribution in [0.2, 0.25) is 0 Å². The fourth-order valence-corrected chi connectivity index (χ4v) is 3.93. The number of pyridine rings is 2. The lowest BCUT2D eigenvalue weighted by molar-refractivity contribution is -0.696. The first-order valence-corrected chi connectivity index (χ1v) is 10.6. The van der Waals surface area contributed by atoms with Crippen LogP contribution in [0.3, 0.4) is 0 Å². The molecule has 0 aliphatic rings. The fraction of sp³-hybridized carbons (Fsp3) is 0.308. The average molecular weight is 624 g/mol. The Bertz CT molecular complexity index is 964. The van der Waals surface area contributed by atoms with Gasteiger partial charge in [0.15, 0.2) is 24.8 Å². The topological polar surface area (TPSA) is 7.76 Å². The minimum absolute atomic E-state index is 0. The number of unbranched alkanes of at least 4 members (excludes halogenated alkanes) is 5. The Morgan fingerprint density at radius 1 is 0.433 bits per heavy atom. The highest BCUT2D eigenvalue weighted by atomic mass is 127. The van der Waals surface area contributed by atoms with Crippen LogP contribution in [0.5, 0.6) is 0 Å². The van der Waals surface area contributed by atoms with Crippen molar-refractivity contribution in [3.05, 3.63) is 85.5 Å². The van der Waals surface area contributed by atoms with Gasteiger partial charge < -0.3 is 48.0 Å². The van der Waals surface area contributed by atoms with Crippen molar-refractivity contribution >= 4 is 21.5 Å². The molecule has 2 aromatic heterocycles. The van der Waals surface area contributed by atoms with Crippen molar-refractivity contribution in [2.75, 3.05) is 0 Å². The Morgan fingerprint density at radius 2 is 0.800 bits per heavy atom. The standard InChI is InChI=1S/C26H30N2.2HI/c1(3-9-17-27-19-15-23-11-5-7-13-25(23)21-27)2-4-10-18-28-20-16-24-12-6-8-14-26(24)22-28;;/h5-8,11-16,19-22H,1-4,9-10,17-18H2;2*1H/q+2;;/p-2. The largest absolute Gasteiger partial charge is 1.00 e. The summed E-state index contributed by atoms with van der Waals surface area (Å²) in [5.41, 5.74) is 0. The van der Waals surface area contributed by atoms with Gasteiger partial charge in [-0.05, 0) is 35.7 Å². The van der Waals surface area contributed by atoms with Gasteiger partial charge in [-0.2, -0.15) is 0 Å². The molecule has 4 aromatic rings. The molecule has 0 amide bonds. The van der Waals surface area contributed by atoms with Crippen molar-refractivity contribution in [2.45, 2.75) is 51.6 Å². The maximum atomic E-state index is 2.33. The van der Waals surface area contributed by atoms with Crippen molar-refractivity contribution in [1.29, 1.82) is 0 Å². The first-order valence-electron chi connectivity index (χ1n) is 10.6. The van der Waals surface area contributed by atoms with E-state index in [9.17, 15) is 0 Å². The first-order chi connectivity index (χ1) is 13.9. The van der Waals surface area contributed by atoms with E-state index >= 15 is 0 Å². The molecule has 2 nitrogen and oxygen atoms in total. The van der Waals surface area contributed by atoms with E-state index in [1.54, 1.807) is 0 Å². The molecule has 0 bridgehead atoms. The molecule has 0 radical (unpaired) electrons. The molecular weight excluding hydrogens is 594 g/mol. The minimum atomic E-state index is 0. The summed E-state index contributed by atoms with van der Waals surface area (Å²) >= 11 is 0. The molecule has 0 atom stereocenters. The molecule has 4 heteroatoms. The van der Waals surface area contributed by atoms with E-state index in [0.717, 1.165) is 13.1 Å². The highest BCUT2D eigenvalue weighted by Gasteiger charge is 2.04. The maximum Gasteiger partial charge on any atom is 0.176 e. The first kappa shape index (κ1) is 25.0. The number of aryl methyl sites for hydroxylation is 2. The number of rotatable bonds is 9. The summed E-state index contributed by atoms with van der Waals surface area (Å²) in [6, 6.07) is 21.6. The van der Waals surface area contributed by atoms with E-state index < -0.39 is 0 Å². The average Bonchev–Trinajstić information content (AvgIpc) is 2.75. The van der Waals surface area contributed by atoms with E-state index in [0.29, 0.717) is 0 Å². The van der Waals surface area contributed by atoms with Crippen LogP contribution in [0.4, 0.5) is 0 Å². The van der Waals surface area contributed by atoms with Gasteiger partial charge in [0, 0.05) is 35.7 Å². The Kier molecular flexibility index (Phi) is 11.0. The summed E-state index contributed by atoms with van der Waals surface area (Å²) in [4.78, 5) is 0. The lowest BCUT2D eigenvalue weighted by atomic mass is 10.1. The van der Waals surface area contributed by atoms with Gasteiger partial charge in [0.1, 0.15) is 13.1 Å². The second-order valence-corrected chi connectivity index (χ2v) is 7.74. The molecule has 0 saturated carbocycles. The van der Waals surface area contributed by atoms with Crippen LogP contribution < -0.4 is 57.1 Å². The number of benzene rings is 2. The third kappa shape index (κ3) is 7.15. The highest BCUT2D eigenvalue weighted by molar-refractivity contribution is 5.80. The molecule has 0 saturated heterocycles. The Labute approximate surface area is 214 Å². The Hall–Kier alpha value is -1.28. The number of halogens is 2. The summed E-state index contributed by atoms with van der Waals surface area (Å²) in [6.07, 6.45) is 16.8. The zero-order valence-corrected chi connectivity index (χ0v) is 21.7. The highest BCUT2D eigenvalue weighted by Crippen LogP contribution is 2.11. The third-order valence-corrected chi connectivity index (χ3v) is 5.58. The van der Waals surface area contributed by atoms with Crippen LogP contribution >= 0.6 is 0 Å². The summed E-state index contributed by atoms with van der Waals surface area (Å²) in [5, 5.41) is 5.30. The second-order valence-electron chi connectivity index (χ2n) is 7.74. The van der Waals surface area contributed by atoms with Crippen LogP contribution in [0.1, 0.15) is 38.5 Å². The molecule has 30 heavy (non-hydrogen) atoms.